The molecule has 0 fully saturated rings. The third-order valence-corrected chi connectivity index (χ3v) is 6.08. The number of aliphatic hydroxyl groups excluding tert-OH is 1. The summed E-state index contributed by atoms with van der Waals surface area (Å²) in [7, 11) is 0. The van der Waals surface area contributed by atoms with Gasteiger partial charge in [0.15, 0.2) is 0 Å². The van der Waals surface area contributed by atoms with Gasteiger partial charge in [-0.25, -0.2) is 9.18 Å². The van der Waals surface area contributed by atoms with E-state index in [2.05, 4.69) is 5.10 Å². The fraction of sp³-hybridized carbons (Fsp3) is 0.143. The second kappa shape index (κ2) is 10.7. The molecule has 5 nitrogen and oxygen atoms in total. The van der Waals surface area contributed by atoms with Crippen molar-refractivity contribution in [2.24, 2.45) is 0 Å². The van der Waals surface area contributed by atoms with Crippen LogP contribution in [-0.2, 0) is 11.3 Å². The third kappa shape index (κ3) is 5.34. The lowest BCUT2D eigenvalue weighted by atomic mass is 9.87. The zero-order valence-electron chi connectivity index (χ0n) is 19.1. The number of hydrogen-bond donors (Lipinski definition) is 2. The number of carboxylic acids is 1. The molecule has 0 atom stereocenters. The molecular weight excluding hydrogens is 467 g/mol. The molecule has 0 saturated carbocycles. The van der Waals surface area contributed by atoms with E-state index in [9.17, 15) is 14.3 Å². The number of benzene rings is 3. The molecule has 2 N–H and O–H groups in total. The van der Waals surface area contributed by atoms with Crippen molar-refractivity contribution in [1.82, 2.24) is 9.78 Å². The number of allylic oxidation sites excluding steroid dienone is 1. The maximum Gasteiger partial charge on any atom is 0.328 e. The predicted octanol–water partition coefficient (Wildman–Crippen LogP) is 6.29. The molecule has 4 aromatic rings. The molecule has 178 valence electrons. The number of carboxylic acid groups (broad SMARTS) is 1. The van der Waals surface area contributed by atoms with Gasteiger partial charge in [0.25, 0.3) is 0 Å². The van der Waals surface area contributed by atoms with Gasteiger partial charge in [-0.05, 0) is 70.2 Å². The molecular formula is C28H24ClFN2O3. The minimum atomic E-state index is -1.01. The number of aliphatic hydroxyl groups is 1. The van der Waals surface area contributed by atoms with Gasteiger partial charge in [-0.3, -0.25) is 4.68 Å². The number of halogens is 2. The number of fused-ring (bicyclic) bond motifs is 1. The van der Waals surface area contributed by atoms with Gasteiger partial charge in [0.05, 0.1) is 29.9 Å². The molecule has 7 heteroatoms. The quantitative estimate of drug-likeness (QED) is 0.225. The van der Waals surface area contributed by atoms with E-state index in [-0.39, 0.29) is 6.61 Å². The highest BCUT2D eigenvalue weighted by molar-refractivity contribution is 6.32. The summed E-state index contributed by atoms with van der Waals surface area (Å²) in [6.07, 6.45) is 5.04. The summed E-state index contributed by atoms with van der Waals surface area (Å²) in [5.41, 5.74) is 6.15. The van der Waals surface area contributed by atoms with E-state index in [1.807, 2.05) is 49.4 Å². The molecule has 0 radical (unpaired) electrons. The molecule has 1 heterocycles. The van der Waals surface area contributed by atoms with Crippen molar-refractivity contribution in [3.8, 4) is 0 Å². The number of aliphatic carboxylic acids is 1. The van der Waals surface area contributed by atoms with E-state index < -0.39 is 11.8 Å². The maximum absolute atomic E-state index is 13.8. The Balaban J connectivity index is 1.92. The summed E-state index contributed by atoms with van der Waals surface area (Å²) in [6, 6.07) is 18.0. The Labute approximate surface area is 207 Å². The predicted molar refractivity (Wildman–Crippen MR) is 138 cm³/mol. The van der Waals surface area contributed by atoms with Crippen LogP contribution in [0.5, 0.6) is 0 Å². The lowest BCUT2D eigenvalue weighted by Gasteiger charge is -2.18. The summed E-state index contributed by atoms with van der Waals surface area (Å²) < 4.78 is 15.6. The van der Waals surface area contributed by atoms with Crippen molar-refractivity contribution in [1.29, 1.82) is 0 Å². The molecule has 0 aliphatic carbocycles. The van der Waals surface area contributed by atoms with Crippen LogP contribution in [0.25, 0.3) is 28.1 Å². The van der Waals surface area contributed by atoms with Gasteiger partial charge in [0.2, 0.25) is 0 Å². The maximum atomic E-state index is 13.8. The lowest BCUT2D eigenvalue weighted by molar-refractivity contribution is -0.131. The fourth-order valence-electron chi connectivity index (χ4n) is 4.20. The number of hydrogen-bond acceptors (Lipinski definition) is 3. The van der Waals surface area contributed by atoms with Crippen molar-refractivity contribution in [2.75, 3.05) is 6.61 Å². The summed E-state index contributed by atoms with van der Waals surface area (Å²) in [5.74, 6) is -1.41. The minimum Gasteiger partial charge on any atom is -0.478 e. The van der Waals surface area contributed by atoms with Crippen molar-refractivity contribution in [3.05, 3.63) is 106 Å². The topological polar surface area (TPSA) is 75.3 Å². The Morgan fingerprint density at radius 1 is 1.09 bits per heavy atom. The SMILES string of the molecule is CC/C(=C(\c1ccc(C=CC(=O)O)cc1)c1ccc2c(cnn2CCO)c1)c1ccc(F)cc1Cl. The van der Waals surface area contributed by atoms with Gasteiger partial charge in [-0.15, -0.1) is 0 Å². The Morgan fingerprint density at radius 3 is 2.49 bits per heavy atom. The second-order valence-electron chi connectivity index (χ2n) is 7.99. The zero-order chi connectivity index (χ0) is 24.9. The van der Waals surface area contributed by atoms with Crippen molar-refractivity contribution < 1.29 is 19.4 Å². The molecule has 1 aromatic heterocycles. The van der Waals surface area contributed by atoms with Gasteiger partial charge in [0.1, 0.15) is 5.82 Å². The molecule has 0 spiro atoms. The molecule has 0 bridgehead atoms. The number of carbonyl (C=O) groups is 1. The van der Waals surface area contributed by atoms with E-state index in [0.29, 0.717) is 18.0 Å². The van der Waals surface area contributed by atoms with E-state index >= 15 is 0 Å². The van der Waals surface area contributed by atoms with Crippen LogP contribution in [0.2, 0.25) is 5.02 Å². The molecule has 35 heavy (non-hydrogen) atoms. The Bertz CT molecular complexity index is 1440. The normalized spacial score (nSPS) is 12.3. The van der Waals surface area contributed by atoms with Crippen molar-refractivity contribution in [2.45, 2.75) is 19.9 Å². The van der Waals surface area contributed by atoms with Crippen molar-refractivity contribution in [3.63, 3.8) is 0 Å². The van der Waals surface area contributed by atoms with Crippen LogP contribution in [0.4, 0.5) is 4.39 Å². The average Bonchev–Trinajstić information content (AvgIpc) is 3.24. The van der Waals surface area contributed by atoms with Gasteiger partial charge in [-0.1, -0.05) is 54.9 Å². The monoisotopic (exact) mass is 490 g/mol. The summed E-state index contributed by atoms with van der Waals surface area (Å²) in [4.78, 5) is 10.9. The molecule has 4 rings (SSSR count). The minimum absolute atomic E-state index is 0.00456. The first kappa shape index (κ1) is 24.4. The molecule has 0 saturated heterocycles. The van der Waals surface area contributed by atoms with Gasteiger partial charge >= 0.3 is 5.97 Å². The van der Waals surface area contributed by atoms with Crippen molar-refractivity contribution >= 4 is 45.7 Å². The third-order valence-electron chi connectivity index (χ3n) is 5.77. The molecule has 0 amide bonds. The highest BCUT2D eigenvalue weighted by Gasteiger charge is 2.17. The molecule has 3 aromatic carbocycles. The van der Waals surface area contributed by atoms with Gasteiger partial charge in [-0.2, -0.15) is 5.10 Å². The number of aromatic nitrogens is 2. The van der Waals surface area contributed by atoms with Crippen LogP contribution in [0.1, 0.15) is 35.6 Å². The van der Waals surface area contributed by atoms with E-state index in [1.54, 1.807) is 16.9 Å². The van der Waals surface area contributed by atoms with Gasteiger partial charge < -0.3 is 10.2 Å². The number of rotatable bonds is 8. The van der Waals surface area contributed by atoms with Gasteiger partial charge in [0, 0.05) is 11.5 Å². The highest BCUT2D eigenvalue weighted by Crippen LogP contribution is 2.38. The first-order valence-electron chi connectivity index (χ1n) is 11.2. The fourth-order valence-corrected chi connectivity index (χ4v) is 4.48. The van der Waals surface area contributed by atoms with E-state index in [0.717, 1.165) is 50.4 Å². The van der Waals surface area contributed by atoms with Crippen LogP contribution < -0.4 is 0 Å². The standard InChI is InChI=1S/C28H24ClFN2O3/c1-2-23(24-10-9-22(30)16-25(24)29)28(19-6-3-18(4-7-19)5-12-27(34)35)20-8-11-26-21(15-20)17-31-32(26)13-14-33/h3-12,15-17,33H,2,13-14H2,1H3,(H,34,35)/b12-5?,28-23-. The van der Waals surface area contributed by atoms with Crippen LogP contribution in [-0.4, -0.2) is 32.6 Å². The highest BCUT2D eigenvalue weighted by atomic mass is 35.5. The molecule has 0 aliphatic heterocycles. The van der Waals surface area contributed by atoms with E-state index in [4.69, 9.17) is 16.7 Å². The average molecular weight is 491 g/mol. The Morgan fingerprint density at radius 2 is 1.83 bits per heavy atom. The lowest BCUT2D eigenvalue weighted by Crippen LogP contribution is -2.03. The Kier molecular flexibility index (Phi) is 7.44. The first-order chi connectivity index (χ1) is 16.9. The summed E-state index contributed by atoms with van der Waals surface area (Å²) in [6.45, 7) is 2.43. The molecule has 0 aliphatic rings. The summed E-state index contributed by atoms with van der Waals surface area (Å²) >= 11 is 6.48. The smallest absolute Gasteiger partial charge is 0.328 e. The van der Waals surface area contributed by atoms with Crippen LogP contribution in [0.3, 0.4) is 0 Å². The second-order valence-corrected chi connectivity index (χ2v) is 8.40. The zero-order valence-corrected chi connectivity index (χ0v) is 19.8. The van der Waals surface area contributed by atoms with Crippen LogP contribution in [0, 0.1) is 5.82 Å². The largest absolute Gasteiger partial charge is 0.478 e. The van der Waals surface area contributed by atoms with Crippen LogP contribution in [0.15, 0.2) is 72.9 Å². The first-order valence-corrected chi connectivity index (χ1v) is 11.6. The summed E-state index contributed by atoms with van der Waals surface area (Å²) in [5, 5.41) is 23.9. The van der Waals surface area contributed by atoms with Crippen LogP contribution >= 0.6 is 11.6 Å². The Hall–Kier alpha value is -3.74. The number of nitrogens with zero attached hydrogens (tertiary/aromatic N) is 2. The van der Waals surface area contributed by atoms with E-state index in [1.165, 1.54) is 18.2 Å². The molecule has 0 unspecified atom stereocenters.